The molecule has 0 heterocycles. The number of aliphatic carboxylic acids is 1. The van der Waals surface area contributed by atoms with Gasteiger partial charge in [-0.3, -0.25) is 4.79 Å². The van der Waals surface area contributed by atoms with Gasteiger partial charge in [0, 0.05) is 5.56 Å². The molecule has 7 heteroatoms. The largest absolute Gasteiger partial charge is 0.493 e. The van der Waals surface area contributed by atoms with Crippen molar-refractivity contribution in [3.8, 4) is 11.5 Å². The van der Waals surface area contributed by atoms with Crippen molar-refractivity contribution in [2.45, 2.75) is 30.9 Å². The number of rotatable bonds is 4. The molecule has 0 atom stereocenters. The minimum absolute atomic E-state index is 0.0908. The smallest absolute Gasteiger partial charge is 0.416 e. The van der Waals surface area contributed by atoms with E-state index < -0.39 is 23.1 Å². The fourth-order valence-electron chi connectivity index (χ4n) is 2.74. The molecule has 0 radical (unpaired) electrons. The molecule has 1 aromatic rings. The predicted octanol–water partition coefficient (Wildman–Crippen LogP) is 3.23. The van der Waals surface area contributed by atoms with Crippen molar-refractivity contribution < 1.29 is 32.5 Å². The Morgan fingerprint density at radius 2 is 1.86 bits per heavy atom. The average molecular weight is 304 g/mol. The molecule has 2 rings (SSSR count). The maximum atomic E-state index is 13.3. The molecule has 0 bridgehead atoms. The lowest BCUT2D eigenvalue weighted by atomic mass is 9.63. The van der Waals surface area contributed by atoms with Gasteiger partial charge in [-0.05, 0) is 25.0 Å². The standard InChI is InChI=1S/C14H15F3O4/c1-20-9-5-4-8(14(15,16)17)10(11(9)21-2)13(12(18)19)6-3-7-13/h4-5H,3,6-7H2,1-2H3,(H,18,19). The lowest BCUT2D eigenvalue weighted by molar-refractivity contribution is -0.150. The number of carboxylic acid groups (broad SMARTS) is 1. The molecule has 1 saturated carbocycles. The summed E-state index contributed by atoms with van der Waals surface area (Å²) in [7, 11) is 2.50. The van der Waals surface area contributed by atoms with Gasteiger partial charge in [-0.25, -0.2) is 0 Å². The van der Waals surface area contributed by atoms with Crippen LogP contribution in [-0.2, 0) is 16.4 Å². The molecule has 4 nitrogen and oxygen atoms in total. The highest BCUT2D eigenvalue weighted by Crippen LogP contribution is 2.54. The van der Waals surface area contributed by atoms with Gasteiger partial charge in [0.15, 0.2) is 11.5 Å². The summed E-state index contributed by atoms with van der Waals surface area (Å²) in [6, 6.07) is 1.99. The molecule has 0 spiro atoms. The van der Waals surface area contributed by atoms with Crippen molar-refractivity contribution in [2.75, 3.05) is 14.2 Å². The molecule has 1 fully saturated rings. The summed E-state index contributed by atoms with van der Waals surface area (Å²) in [6.07, 6.45) is -3.80. The van der Waals surface area contributed by atoms with Gasteiger partial charge in [0.2, 0.25) is 0 Å². The Bertz CT molecular complexity index is 562. The number of alkyl halides is 3. The highest BCUT2D eigenvalue weighted by Gasteiger charge is 2.53. The van der Waals surface area contributed by atoms with E-state index in [1.165, 1.54) is 14.2 Å². The highest BCUT2D eigenvalue weighted by molar-refractivity contribution is 5.85. The number of ether oxygens (including phenoxy) is 2. The number of hydrogen-bond acceptors (Lipinski definition) is 3. The Morgan fingerprint density at radius 3 is 2.19 bits per heavy atom. The van der Waals surface area contributed by atoms with E-state index in [1.54, 1.807) is 0 Å². The minimum Gasteiger partial charge on any atom is -0.493 e. The maximum Gasteiger partial charge on any atom is 0.416 e. The van der Waals surface area contributed by atoms with Gasteiger partial charge in [0.1, 0.15) is 0 Å². The van der Waals surface area contributed by atoms with Crippen LogP contribution in [0, 0.1) is 0 Å². The lowest BCUT2D eigenvalue weighted by Gasteiger charge is -2.40. The number of halogens is 3. The SMILES string of the molecule is COc1ccc(C(F)(F)F)c(C2(C(=O)O)CCC2)c1OC. The molecule has 0 aliphatic heterocycles. The molecular formula is C14H15F3O4. The van der Waals surface area contributed by atoms with Crippen LogP contribution < -0.4 is 9.47 Å². The number of carbonyl (C=O) groups is 1. The van der Waals surface area contributed by atoms with Gasteiger partial charge in [-0.2, -0.15) is 13.2 Å². The maximum absolute atomic E-state index is 13.3. The van der Waals surface area contributed by atoms with Gasteiger partial charge in [-0.1, -0.05) is 6.42 Å². The van der Waals surface area contributed by atoms with Crippen molar-refractivity contribution in [2.24, 2.45) is 0 Å². The van der Waals surface area contributed by atoms with Crippen molar-refractivity contribution in [1.29, 1.82) is 0 Å². The first-order chi connectivity index (χ1) is 9.78. The monoisotopic (exact) mass is 304 g/mol. The fourth-order valence-corrected chi connectivity index (χ4v) is 2.74. The molecule has 1 N–H and O–H groups in total. The molecule has 1 aliphatic rings. The zero-order valence-electron chi connectivity index (χ0n) is 11.6. The van der Waals surface area contributed by atoms with Gasteiger partial charge >= 0.3 is 12.1 Å². The molecule has 21 heavy (non-hydrogen) atoms. The van der Waals surface area contributed by atoms with E-state index in [1.807, 2.05) is 0 Å². The summed E-state index contributed by atoms with van der Waals surface area (Å²) in [4.78, 5) is 11.6. The Hall–Kier alpha value is -1.92. The highest BCUT2D eigenvalue weighted by atomic mass is 19.4. The summed E-state index contributed by atoms with van der Waals surface area (Å²) in [5, 5.41) is 9.45. The second-order valence-electron chi connectivity index (χ2n) is 4.96. The van der Waals surface area contributed by atoms with E-state index in [0.29, 0.717) is 6.42 Å². The molecule has 116 valence electrons. The molecule has 1 aliphatic carbocycles. The van der Waals surface area contributed by atoms with Crippen molar-refractivity contribution in [1.82, 2.24) is 0 Å². The number of methoxy groups -OCH3 is 2. The Labute approximate surface area is 119 Å². The third-order valence-electron chi connectivity index (χ3n) is 3.95. The first-order valence-corrected chi connectivity index (χ1v) is 6.34. The topological polar surface area (TPSA) is 55.8 Å². The second kappa shape index (κ2) is 5.13. The summed E-state index contributed by atoms with van der Waals surface area (Å²) in [6.45, 7) is 0. The summed E-state index contributed by atoms with van der Waals surface area (Å²) < 4.78 is 49.8. The first kappa shape index (κ1) is 15.5. The van der Waals surface area contributed by atoms with E-state index in [0.717, 1.165) is 12.1 Å². The summed E-state index contributed by atoms with van der Waals surface area (Å²) in [5.74, 6) is -1.34. The van der Waals surface area contributed by atoms with Crippen molar-refractivity contribution >= 4 is 5.97 Å². The predicted molar refractivity (Wildman–Crippen MR) is 67.7 cm³/mol. The normalized spacial score (nSPS) is 17.0. The number of hydrogen-bond donors (Lipinski definition) is 1. The van der Waals surface area contributed by atoms with Crippen molar-refractivity contribution in [3.63, 3.8) is 0 Å². The van der Waals surface area contributed by atoms with Crippen molar-refractivity contribution in [3.05, 3.63) is 23.3 Å². The molecule has 0 amide bonds. The zero-order valence-corrected chi connectivity index (χ0v) is 11.6. The molecule has 0 aromatic heterocycles. The van der Waals surface area contributed by atoms with Gasteiger partial charge < -0.3 is 14.6 Å². The van der Waals surface area contributed by atoms with E-state index in [2.05, 4.69) is 0 Å². The molecule has 1 aromatic carbocycles. The van der Waals surface area contributed by atoms with Crippen LogP contribution >= 0.6 is 0 Å². The quantitative estimate of drug-likeness (QED) is 0.928. The summed E-state index contributed by atoms with van der Waals surface area (Å²) in [5.41, 5.74) is -2.89. The summed E-state index contributed by atoms with van der Waals surface area (Å²) >= 11 is 0. The van der Waals surface area contributed by atoms with E-state index in [-0.39, 0.29) is 29.9 Å². The van der Waals surface area contributed by atoms with Crippen LogP contribution in [0.5, 0.6) is 11.5 Å². The average Bonchev–Trinajstić information content (AvgIpc) is 2.34. The second-order valence-corrected chi connectivity index (χ2v) is 4.96. The van der Waals surface area contributed by atoms with Crippen LogP contribution in [0.25, 0.3) is 0 Å². The zero-order chi connectivity index (χ0) is 15.8. The number of benzene rings is 1. The van der Waals surface area contributed by atoms with E-state index >= 15 is 0 Å². The molecular weight excluding hydrogens is 289 g/mol. The third kappa shape index (κ3) is 2.30. The van der Waals surface area contributed by atoms with E-state index in [9.17, 15) is 23.1 Å². The van der Waals surface area contributed by atoms with Crippen LogP contribution in [0.3, 0.4) is 0 Å². The Kier molecular flexibility index (Phi) is 3.78. The van der Waals surface area contributed by atoms with Crippen LogP contribution in [-0.4, -0.2) is 25.3 Å². The van der Waals surface area contributed by atoms with Gasteiger partial charge in [-0.15, -0.1) is 0 Å². The van der Waals surface area contributed by atoms with Gasteiger partial charge in [0.25, 0.3) is 0 Å². The van der Waals surface area contributed by atoms with Gasteiger partial charge in [0.05, 0.1) is 25.2 Å². The first-order valence-electron chi connectivity index (χ1n) is 6.34. The van der Waals surface area contributed by atoms with Crippen LogP contribution in [0.15, 0.2) is 12.1 Å². The molecule has 0 unspecified atom stereocenters. The Morgan fingerprint density at radius 1 is 1.24 bits per heavy atom. The third-order valence-corrected chi connectivity index (χ3v) is 3.95. The van der Waals surface area contributed by atoms with E-state index in [4.69, 9.17) is 9.47 Å². The lowest BCUT2D eigenvalue weighted by Crippen LogP contribution is -2.44. The van der Waals surface area contributed by atoms with Crippen LogP contribution in [0.1, 0.15) is 30.4 Å². The van der Waals surface area contributed by atoms with Crippen LogP contribution in [0.2, 0.25) is 0 Å². The van der Waals surface area contributed by atoms with Crippen LogP contribution in [0.4, 0.5) is 13.2 Å². The molecule has 0 saturated heterocycles. The number of carboxylic acids is 1. The minimum atomic E-state index is -4.66. The fraction of sp³-hybridized carbons (Fsp3) is 0.500. The Balaban J connectivity index is 2.79.